The Morgan fingerprint density at radius 1 is 1.12 bits per heavy atom. The fourth-order valence-corrected chi connectivity index (χ4v) is 4.00. The van der Waals surface area contributed by atoms with Crippen LogP contribution >= 0.6 is 11.6 Å². The Bertz CT molecular complexity index is 849. The van der Waals surface area contributed by atoms with E-state index in [0.717, 1.165) is 17.4 Å². The van der Waals surface area contributed by atoms with Crippen molar-refractivity contribution in [3.63, 3.8) is 0 Å². The molecule has 2 rings (SSSR count). The molecular formula is C19H23ClN2O3S. The summed E-state index contributed by atoms with van der Waals surface area (Å²) in [4.78, 5) is 12.7. The standard InChI is InChI=1S/C19H23ClN2O3S/c1-4-18(19(23)21-13-15-7-9-16(20)10-8-15)22(26(3,24)25)17-11-5-14(2)6-12-17/h5-12,18H,4,13H2,1-3H3,(H,21,23)/t18-/m1/s1. The number of halogens is 1. The van der Waals surface area contributed by atoms with Crippen LogP contribution in [0.5, 0.6) is 0 Å². The molecule has 0 aliphatic rings. The number of rotatable bonds is 7. The van der Waals surface area contributed by atoms with Gasteiger partial charge in [-0.15, -0.1) is 0 Å². The minimum Gasteiger partial charge on any atom is -0.350 e. The fraction of sp³-hybridized carbons (Fsp3) is 0.316. The Balaban J connectivity index is 2.22. The SMILES string of the molecule is CC[C@H](C(=O)NCc1ccc(Cl)cc1)N(c1ccc(C)cc1)S(C)(=O)=O. The zero-order valence-electron chi connectivity index (χ0n) is 15.1. The van der Waals surface area contributed by atoms with Gasteiger partial charge in [0.15, 0.2) is 0 Å². The van der Waals surface area contributed by atoms with E-state index in [1.807, 2.05) is 31.2 Å². The molecule has 0 spiro atoms. The topological polar surface area (TPSA) is 66.5 Å². The summed E-state index contributed by atoms with van der Waals surface area (Å²) in [5.74, 6) is -0.339. The normalized spacial score (nSPS) is 12.5. The van der Waals surface area contributed by atoms with E-state index >= 15 is 0 Å². The summed E-state index contributed by atoms with van der Waals surface area (Å²) < 4.78 is 25.9. The molecule has 0 saturated carbocycles. The van der Waals surface area contributed by atoms with Gasteiger partial charge in [0.2, 0.25) is 15.9 Å². The number of nitrogens with zero attached hydrogens (tertiary/aromatic N) is 1. The summed E-state index contributed by atoms with van der Waals surface area (Å²) in [6.45, 7) is 4.02. The van der Waals surface area contributed by atoms with E-state index in [9.17, 15) is 13.2 Å². The minimum absolute atomic E-state index is 0.304. The first-order chi connectivity index (χ1) is 12.2. The molecule has 0 aliphatic heterocycles. The molecule has 7 heteroatoms. The number of carbonyl (C=O) groups is 1. The number of anilines is 1. The molecule has 5 nitrogen and oxygen atoms in total. The van der Waals surface area contributed by atoms with Crippen molar-refractivity contribution in [3.8, 4) is 0 Å². The van der Waals surface area contributed by atoms with Gasteiger partial charge in [0.25, 0.3) is 0 Å². The van der Waals surface area contributed by atoms with Crippen LogP contribution in [0.2, 0.25) is 5.02 Å². The van der Waals surface area contributed by atoms with Crippen molar-refractivity contribution in [3.05, 3.63) is 64.7 Å². The van der Waals surface area contributed by atoms with E-state index in [4.69, 9.17) is 11.6 Å². The van der Waals surface area contributed by atoms with Crippen LogP contribution in [0.25, 0.3) is 0 Å². The first-order valence-corrected chi connectivity index (χ1v) is 10.5. The molecular weight excluding hydrogens is 372 g/mol. The second-order valence-corrected chi connectivity index (χ2v) is 8.46. The van der Waals surface area contributed by atoms with Crippen LogP contribution in [0.4, 0.5) is 5.69 Å². The van der Waals surface area contributed by atoms with Gasteiger partial charge in [-0.3, -0.25) is 9.10 Å². The van der Waals surface area contributed by atoms with Crippen LogP contribution < -0.4 is 9.62 Å². The largest absolute Gasteiger partial charge is 0.350 e. The molecule has 140 valence electrons. The predicted octanol–water partition coefficient (Wildman–Crippen LogP) is 3.51. The first kappa shape index (κ1) is 20.3. The van der Waals surface area contributed by atoms with Gasteiger partial charge in [-0.05, 0) is 43.2 Å². The molecule has 0 saturated heterocycles. The quantitative estimate of drug-likeness (QED) is 0.781. The maximum absolute atomic E-state index is 12.7. The molecule has 0 bridgehead atoms. The molecule has 0 aliphatic carbocycles. The van der Waals surface area contributed by atoms with E-state index in [1.165, 1.54) is 4.31 Å². The summed E-state index contributed by atoms with van der Waals surface area (Å²) in [6.07, 6.45) is 1.47. The van der Waals surface area contributed by atoms with Crippen molar-refractivity contribution in [2.24, 2.45) is 0 Å². The third kappa shape index (κ3) is 5.22. The lowest BCUT2D eigenvalue weighted by molar-refractivity contribution is -0.122. The van der Waals surface area contributed by atoms with Crippen LogP contribution in [0.15, 0.2) is 48.5 Å². The van der Waals surface area contributed by atoms with Crippen LogP contribution in [0.1, 0.15) is 24.5 Å². The van der Waals surface area contributed by atoms with Gasteiger partial charge < -0.3 is 5.32 Å². The number of benzene rings is 2. The van der Waals surface area contributed by atoms with Crippen LogP contribution in [0.3, 0.4) is 0 Å². The Morgan fingerprint density at radius 2 is 1.69 bits per heavy atom. The number of aryl methyl sites for hydroxylation is 1. The Kier molecular flexibility index (Phi) is 6.67. The molecule has 26 heavy (non-hydrogen) atoms. The van der Waals surface area contributed by atoms with Crippen molar-refractivity contribution in [1.29, 1.82) is 0 Å². The second-order valence-electron chi connectivity index (χ2n) is 6.16. The highest BCUT2D eigenvalue weighted by atomic mass is 35.5. The first-order valence-electron chi connectivity index (χ1n) is 8.30. The number of sulfonamides is 1. The Morgan fingerprint density at radius 3 is 2.19 bits per heavy atom. The lowest BCUT2D eigenvalue weighted by atomic mass is 10.1. The minimum atomic E-state index is -3.62. The van der Waals surface area contributed by atoms with Crippen molar-refractivity contribution in [1.82, 2.24) is 5.32 Å². The maximum atomic E-state index is 12.7. The molecule has 0 radical (unpaired) electrons. The zero-order chi connectivity index (χ0) is 19.3. The van der Waals surface area contributed by atoms with Crippen LogP contribution in [0, 0.1) is 6.92 Å². The summed E-state index contributed by atoms with van der Waals surface area (Å²) in [7, 11) is -3.62. The monoisotopic (exact) mass is 394 g/mol. The van der Waals surface area contributed by atoms with Crippen LogP contribution in [-0.4, -0.2) is 26.6 Å². The number of amides is 1. The zero-order valence-corrected chi connectivity index (χ0v) is 16.6. The average molecular weight is 395 g/mol. The molecule has 0 fully saturated rings. The fourth-order valence-electron chi connectivity index (χ4n) is 2.66. The molecule has 1 atom stereocenters. The molecule has 0 aromatic heterocycles. The number of nitrogens with one attached hydrogen (secondary N) is 1. The molecule has 0 unspecified atom stereocenters. The van der Waals surface area contributed by atoms with E-state index in [2.05, 4.69) is 5.32 Å². The molecule has 1 N–H and O–H groups in total. The van der Waals surface area contributed by atoms with Crippen LogP contribution in [-0.2, 0) is 21.4 Å². The molecule has 2 aromatic carbocycles. The molecule has 2 aromatic rings. The van der Waals surface area contributed by atoms with Gasteiger partial charge in [0.05, 0.1) is 11.9 Å². The Hall–Kier alpha value is -2.05. The summed E-state index contributed by atoms with van der Waals surface area (Å²) >= 11 is 5.86. The van der Waals surface area contributed by atoms with Crippen molar-refractivity contribution < 1.29 is 13.2 Å². The van der Waals surface area contributed by atoms with E-state index in [0.29, 0.717) is 23.7 Å². The van der Waals surface area contributed by atoms with Crippen molar-refractivity contribution in [2.75, 3.05) is 10.6 Å². The van der Waals surface area contributed by atoms with E-state index < -0.39 is 16.1 Å². The number of hydrogen-bond donors (Lipinski definition) is 1. The lowest BCUT2D eigenvalue weighted by Gasteiger charge is -2.30. The smallest absolute Gasteiger partial charge is 0.244 e. The van der Waals surface area contributed by atoms with Crippen molar-refractivity contribution in [2.45, 2.75) is 32.9 Å². The lowest BCUT2D eigenvalue weighted by Crippen LogP contribution is -2.49. The summed E-state index contributed by atoms with van der Waals surface area (Å²) in [6, 6.07) is 13.4. The summed E-state index contributed by atoms with van der Waals surface area (Å²) in [5, 5.41) is 3.43. The highest BCUT2D eigenvalue weighted by Gasteiger charge is 2.31. The highest BCUT2D eigenvalue weighted by Crippen LogP contribution is 2.23. The van der Waals surface area contributed by atoms with E-state index in [1.54, 1.807) is 31.2 Å². The van der Waals surface area contributed by atoms with Gasteiger partial charge in [-0.25, -0.2) is 8.42 Å². The van der Waals surface area contributed by atoms with Crippen molar-refractivity contribution >= 4 is 33.2 Å². The predicted molar refractivity (Wildman–Crippen MR) is 106 cm³/mol. The van der Waals surface area contributed by atoms with Gasteiger partial charge >= 0.3 is 0 Å². The molecule has 0 heterocycles. The number of carbonyl (C=O) groups excluding carboxylic acids is 1. The third-order valence-electron chi connectivity index (χ3n) is 4.00. The van der Waals surface area contributed by atoms with E-state index in [-0.39, 0.29) is 5.91 Å². The maximum Gasteiger partial charge on any atom is 0.244 e. The average Bonchev–Trinajstić information content (AvgIpc) is 2.59. The summed E-state index contributed by atoms with van der Waals surface area (Å²) in [5.41, 5.74) is 2.38. The van der Waals surface area contributed by atoms with Gasteiger partial charge in [-0.2, -0.15) is 0 Å². The van der Waals surface area contributed by atoms with Gasteiger partial charge in [0, 0.05) is 11.6 Å². The Labute approximate surface area is 160 Å². The third-order valence-corrected chi connectivity index (χ3v) is 5.43. The molecule has 1 amide bonds. The number of hydrogen-bond acceptors (Lipinski definition) is 3. The highest BCUT2D eigenvalue weighted by molar-refractivity contribution is 7.92. The van der Waals surface area contributed by atoms with Gasteiger partial charge in [0.1, 0.15) is 6.04 Å². The second kappa shape index (κ2) is 8.56. The van der Waals surface area contributed by atoms with Gasteiger partial charge in [-0.1, -0.05) is 48.4 Å².